The zero-order valence-corrected chi connectivity index (χ0v) is 32.1. The molecule has 3 aliphatic carbocycles. The summed E-state index contributed by atoms with van der Waals surface area (Å²) in [5, 5.41) is 5.69. The van der Waals surface area contributed by atoms with Crippen molar-refractivity contribution >= 4 is 44.9 Å². The van der Waals surface area contributed by atoms with Crippen molar-refractivity contribution in [1.29, 1.82) is 0 Å². The SMILES string of the molecule is COc1ccc2nc(C)c(O[C@@H]3C[C@H]4C(=O)N[C@]5(C(=O)NS(=O)(=O)C6(C)CC6)C[C@H]5/C=C\CCCCC[C@H](NC(=O)OC5(C)CCC5)C(=O)N4C3)nc2c1. The average Bonchev–Trinajstić information content (AvgIpc) is 3.99. The summed E-state index contributed by atoms with van der Waals surface area (Å²) in [5.41, 5.74) is -0.417. The van der Waals surface area contributed by atoms with E-state index in [1.165, 1.54) is 4.90 Å². The van der Waals surface area contributed by atoms with Gasteiger partial charge in [-0.25, -0.2) is 23.2 Å². The quantitative estimate of drug-likeness (QED) is 0.332. The molecule has 15 nitrogen and oxygen atoms in total. The lowest BCUT2D eigenvalue weighted by Crippen LogP contribution is -2.59. The van der Waals surface area contributed by atoms with Crippen LogP contribution >= 0.6 is 0 Å². The summed E-state index contributed by atoms with van der Waals surface area (Å²) >= 11 is 0. The van der Waals surface area contributed by atoms with Crippen LogP contribution in [-0.4, -0.2) is 94.8 Å². The van der Waals surface area contributed by atoms with Crippen molar-refractivity contribution < 1.29 is 41.8 Å². The molecule has 5 atom stereocenters. The van der Waals surface area contributed by atoms with Crippen molar-refractivity contribution in [3.05, 3.63) is 36.0 Å². The van der Waals surface area contributed by atoms with Crippen LogP contribution in [0.2, 0.25) is 0 Å². The number of allylic oxidation sites excluding steroid dienone is 1. The first-order chi connectivity index (χ1) is 25.6. The van der Waals surface area contributed by atoms with E-state index in [4.69, 9.17) is 14.2 Å². The predicted octanol–water partition coefficient (Wildman–Crippen LogP) is 3.73. The maximum atomic E-state index is 14.5. The molecule has 4 amide bonds. The van der Waals surface area contributed by atoms with E-state index in [-0.39, 0.29) is 25.3 Å². The summed E-state index contributed by atoms with van der Waals surface area (Å²) in [5.74, 6) is -1.52. The number of nitrogens with zero attached hydrogens (tertiary/aromatic N) is 3. The minimum absolute atomic E-state index is 0.0195. The van der Waals surface area contributed by atoms with Gasteiger partial charge in [0.2, 0.25) is 27.7 Å². The first-order valence-electron chi connectivity index (χ1n) is 19.0. The van der Waals surface area contributed by atoms with Crippen LogP contribution in [-0.2, 0) is 29.1 Å². The molecule has 1 aromatic carbocycles. The summed E-state index contributed by atoms with van der Waals surface area (Å²) in [6, 6.07) is 3.21. The van der Waals surface area contributed by atoms with Gasteiger partial charge in [0.05, 0.1) is 29.4 Å². The van der Waals surface area contributed by atoms with Crippen molar-refractivity contribution in [1.82, 2.24) is 30.2 Å². The van der Waals surface area contributed by atoms with Gasteiger partial charge < -0.3 is 29.7 Å². The first-order valence-corrected chi connectivity index (χ1v) is 20.5. The van der Waals surface area contributed by atoms with Gasteiger partial charge in [-0.2, -0.15) is 0 Å². The third-order valence-corrected chi connectivity index (χ3v) is 14.0. The van der Waals surface area contributed by atoms with Crippen LogP contribution in [0.1, 0.15) is 96.6 Å². The molecular formula is C38H50N6O9S. The van der Waals surface area contributed by atoms with E-state index in [0.29, 0.717) is 54.6 Å². The molecule has 3 saturated carbocycles. The lowest BCUT2D eigenvalue weighted by molar-refractivity contribution is -0.141. The van der Waals surface area contributed by atoms with Crippen molar-refractivity contribution in [3.63, 3.8) is 0 Å². The van der Waals surface area contributed by atoms with Crippen LogP contribution in [0.25, 0.3) is 11.0 Å². The highest BCUT2D eigenvalue weighted by atomic mass is 32.2. The summed E-state index contributed by atoms with van der Waals surface area (Å²) in [6.45, 7) is 5.19. The van der Waals surface area contributed by atoms with Crippen LogP contribution in [0.5, 0.6) is 11.6 Å². The number of nitrogens with one attached hydrogen (secondary N) is 3. The molecule has 0 spiro atoms. The van der Waals surface area contributed by atoms with Crippen LogP contribution < -0.4 is 24.8 Å². The molecule has 1 aromatic heterocycles. The lowest BCUT2D eigenvalue weighted by Gasteiger charge is -2.38. The number of fused-ring (bicyclic) bond motifs is 3. The molecule has 2 aliphatic heterocycles. The van der Waals surface area contributed by atoms with Gasteiger partial charge >= 0.3 is 6.09 Å². The molecule has 0 radical (unpaired) electrons. The zero-order valence-electron chi connectivity index (χ0n) is 31.3. The van der Waals surface area contributed by atoms with E-state index in [1.54, 1.807) is 39.2 Å². The van der Waals surface area contributed by atoms with E-state index in [0.717, 1.165) is 32.1 Å². The van der Waals surface area contributed by atoms with Crippen molar-refractivity contribution in [2.24, 2.45) is 5.92 Å². The van der Waals surface area contributed by atoms with Gasteiger partial charge in [0, 0.05) is 18.4 Å². The number of rotatable bonds is 8. The molecule has 292 valence electrons. The van der Waals surface area contributed by atoms with Crippen molar-refractivity contribution in [2.75, 3.05) is 13.7 Å². The number of carbonyl (C=O) groups excluding carboxylic acids is 4. The Labute approximate surface area is 315 Å². The van der Waals surface area contributed by atoms with E-state index in [9.17, 15) is 27.6 Å². The number of aromatic nitrogens is 2. The number of alkyl carbamates (subject to hydrolysis) is 1. The second-order valence-corrected chi connectivity index (χ2v) is 18.3. The summed E-state index contributed by atoms with van der Waals surface area (Å²) < 4.78 is 45.0. The number of hydrogen-bond acceptors (Lipinski definition) is 11. The largest absolute Gasteiger partial charge is 0.497 e. The van der Waals surface area contributed by atoms with Gasteiger partial charge in [0.25, 0.3) is 5.91 Å². The minimum Gasteiger partial charge on any atom is -0.497 e. The molecule has 0 bridgehead atoms. The fourth-order valence-electron chi connectivity index (χ4n) is 7.62. The van der Waals surface area contributed by atoms with E-state index < -0.39 is 73.8 Å². The van der Waals surface area contributed by atoms with Crippen LogP contribution in [0.15, 0.2) is 30.4 Å². The normalized spacial score (nSPS) is 29.5. The maximum Gasteiger partial charge on any atom is 0.408 e. The van der Waals surface area contributed by atoms with Crippen LogP contribution in [0, 0.1) is 12.8 Å². The molecule has 1 saturated heterocycles. The Bertz CT molecular complexity index is 1980. The number of aryl methyl sites for hydroxylation is 1. The molecule has 0 unspecified atom stereocenters. The Morgan fingerprint density at radius 2 is 1.80 bits per heavy atom. The molecule has 2 aromatic rings. The van der Waals surface area contributed by atoms with Gasteiger partial charge in [-0.05, 0) is 90.7 Å². The second-order valence-electron chi connectivity index (χ2n) is 16.1. The van der Waals surface area contributed by atoms with Crippen molar-refractivity contribution in [3.8, 4) is 11.6 Å². The first kappa shape index (κ1) is 37.8. The van der Waals surface area contributed by atoms with Crippen molar-refractivity contribution in [2.45, 2.75) is 132 Å². The minimum atomic E-state index is -3.99. The van der Waals surface area contributed by atoms with Gasteiger partial charge in [0.15, 0.2) is 0 Å². The Kier molecular flexibility index (Phi) is 10.0. The van der Waals surface area contributed by atoms with Gasteiger partial charge in [-0.3, -0.25) is 19.1 Å². The Morgan fingerprint density at radius 3 is 2.50 bits per heavy atom. The highest BCUT2D eigenvalue weighted by Crippen LogP contribution is 2.47. The third-order valence-electron chi connectivity index (χ3n) is 11.8. The second kappa shape index (κ2) is 14.3. The monoisotopic (exact) mass is 766 g/mol. The third kappa shape index (κ3) is 7.58. The lowest BCUT2D eigenvalue weighted by atomic mass is 9.82. The number of methoxy groups -OCH3 is 1. The summed E-state index contributed by atoms with van der Waals surface area (Å²) in [4.78, 5) is 66.6. The number of sulfonamides is 1. The smallest absolute Gasteiger partial charge is 0.408 e. The average molecular weight is 767 g/mol. The number of carbonyl (C=O) groups is 4. The zero-order chi connectivity index (χ0) is 38.5. The Balaban J connectivity index is 1.18. The number of hydrogen-bond donors (Lipinski definition) is 3. The van der Waals surface area contributed by atoms with Crippen LogP contribution in [0.4, 0.5) is 4.79 Å². The number of benzene rings is 1. The predicted molar refractivity (Wildman–Crippen MR) is 197 cm³/mol. The fraction of sp³-hybridized carbons (Fsp3) is 0.632. The Hall–Kier alpha value is -4.47. The topological polar surface area (TPSA) is 195 Å². The molecule has 3 N–H and O–H groups in total. The molecule has 5 aliphatic rings. The maximum absolute atomic E-state index is 14.5. The molecule has 7 rings (SSSR count). The van der Waals surface area contributed by atoms with Gasteiger partial charge in [0.1, 0.15) is 40.8 Å². The standard InChI is InChI=1S/C38H50N6O9S/c1-23-32(40-29-19-25(51-4)13-14-27(29)39-23)52-26-20-30-31(45)42-38(34(47)43-54(49,50)37(3)17-18-37)21-24(38)11-8-6-5-7-9-12-28(33(46)44(30)22-26)41-35(48)53-36(2)15-10-16-36/h8,11,13-14,19,24,26,28,30H,5-7,9-10,12,15-18,20-22H2,1-4H3,(H,41,48)(H,42,45)(H,43,47)/b11-8-/t24-,26-,28+,30+,38-/m1/s1. The molecule has 4 fully saturated rings. The van der Waals surface area contributed by atoms with E-state index >= 15 is 0 Å². The molecule has 16 heteroatoms. The van der Waals surface area contributed by atoms with Gasteiger partial charge in [-0.1, -0.05) is 25.0 Å². The number of amides is 4. The summed E-state index contributed by atoms with van der Waals surface area (Å²) in [7, 11) is -2.43. The highest BCUT2D eigenvalue weighted by molar-refractivity contribution is 7.91. The fourth-order valence-corrected chi connectivity index (χ4v) is 8.93. The van der Waals surface area contributed by atoms with Gasteiger partial charge in [-0.15, -0.1) is 0 Å². The van der Waals surface area contributed by atoms with E-state index in [2.05, 4.69) is 25.3 Å². The van der Waals surface area contributed by atoms with E-state index in [1.807, 2.05) is 19.1 Å². The molecular weight excluding hydrogens is 717 g/mol. The Morgan fingerprint density at radius 1 is 1.02 bits per heavy atom. The summed E-state index contributed by atoms with van der Waals surface area (Å²) in [6.07, 6.45) is 9.19. The molecule has 3 heterocycles. The molecule has 54 heavy (non-hydrogen) atoms. The van der Waals surface area contributed by atoms with Crippen LogP contribution in [0.3, 0.4) is 0 Å². The number of ether oxygens (including phenoxy) is 3. The highest BCUT2D eigenvalue weighted by Gasteiger charge is 2.63.